The number of aliphatic hydroxyl groups excluding tert-OH is 1. The molecule has 2 rings (SSSR count). The predicted octanol–water partition coefficient (Wildman–Crippen LogP) is 2.44. The normalized spacial score (nSPS) is 13.6. The molecule has 106 valence electrons. The molecule has 2 aromatic rings. The van der Waals surface area contributed by atoms with Crippen LogP contribution >= 0.6 is 0 Å². The van der Waals surface area contributed by atoms with E-state index in [1.54, 1.807) is 32.4 Å². The van der Waals surface area contributed by atoms with Gasteiger partial charge in [0.15, 0.2) is 11.5 Å². The van der Waals surface area contributed by atoms with Gasteiger partial charge in [0.25, 0.3) is 0 Å². The molecular weight excluding hydrogens is 254 g/mol. The molecule has 0 aliphatic carbocycles. The fourth-order valence-corrected chi connectivity index (χ4v) is 2.10. The minimum Gasteiger partial charge on any atom is -0.493 e. The van der Waals surface area contributed by atoms with Gasteiger partial charge in [-0.2, -0.15) is 0 Å². The van der Waals surface area contributed by atoms with Gasteiger partial charge >= 0.3 is 0 Å². The molecule has 2 atom stereocenters. The molecule has 2 aromatic carbocycles. The molecule has 0 heterocycles. The molecule has 3 N–H and O–H groups in total. The number of methoxy groups -OCH3 is 2. The summed E-state index contributed by atoms with van der Waals surface area (Å²) in [6.45, 7) is 0. The predicted molar refractivity (Wildman–Crippen MR) is 77.9 cm³/mol. The largest absolute Gasteiger partial charge is 0.493 e. The van der Waals surface area contributed by atoms with Gasteiger partial charge in [-0.05, 0) is 23.3 Å². The zero-order valence-electron chi connectivity index (χ0n) is 11.6. The van der Waals surface area contributed by atoms with Crippen LogP contribution in [-0.2, 0) is 0 Å². The van der Waals surface area contributed by atoms with Crippen molar-refractivity contribution in [2.24, 2.45) is 5.73 Å². The molecule has 4 nitrogen and oxygen atoms in total. The van der Waals surface area contributed by atoms with Crippen molar-refractivity contribution >= 4 is 0 Å². The van der Waals surface area contributed by atoms with Gasteiger partial charge in [-0.15, -0.1) is 0 Å². The van der Waals surface area contributed by atoms with Crippen LogP contribution in [0.5, 0.6) is 11.5 Å². The second kappa shape index (κ2) is 6.41. The van der Waals surface area contributed by atoms with Crippen LogP contribution in [0.25, 0.3) is 0 Å². The average Bonchev–Trinajstić information content (AvgIpc) is 2.53. The summed E-state index contributed by atoms with van der Waals surface area (Å²) in [5.41, 5.74) is 7.69. The first-order valence-electron chi connectivity index (χ1n) is 6.38. The van der Waals surface area contributed by atoms with Crippen molar-refractivity contribution in [1.82, 2.24) is 0 Å². The Hall–Kier alpha value is -2.04. The van der Waals surface area contributed by atoms with E-state index in [1.807, 2.05) is 30.3 Å². The summed E-state index contributed by atoms with van der Waals surface area (Å²) < 4.78 is 10.4. The molecule has 0 spiro atoms. The fraction of sp³-hybridized carbons (Fsp3) is 0.250. The van der Waals surface area contributed by atoms with Gasteiger partial charge in [0.1, 0.15) is 0 Å². The van der Waals surface area contributed by atoms with Crippen LogP contribution in [0.4, 0.5) is 0 Å². The van der Waals surface area contributed by atoms with E-state index in [1.165, 1.54) is 0 Å². The quantitative estimate of drug-likeness (QED) is 0.878. The van der Waals surface area contributed by atoms with Gasteiger partial charge < -0.3 is 20.3 Å². The van der Waals surface area contributed by atoms with Gasteiger partial charge in [-0.1, -0.05) is 36.4 Å². The van der Waals surface area contributed by atoms with E-state index in [4.69, 9.17) is 15.2 Å². The highest BCUT2D eigenvalue weighted by molar-refractivity contribution is 5.44. The lowest BCUT2D eigenvalue weighted by molar-refractivity contribution is 0.146. The van der Waals surface area contributed by atoms with Crippen molar-refractivity contribution in [3.05, 3.63) is 59.7 Å². The van der Waals surface area contributed by atoms with E-state index < -0.39 is 12.1 Å². The van der Waals surface area contributed by atoms with E-state index in [0.29, 0.717) is 17.1 Å². The summed E-state index contributed by atoms with van der Waals surface area (Å²) >= 11 is 0. The van der Waals surface area contributed by atoms with Crippen LogP contribution in [-0.4, -0.2) is 19.3 Å². The molecule has 0 saturated heterocycles. The minimum atomic E-state index is -0.808. The zero-order valence-corrected chi connectivity index (χ0v) is 11.6. The molecule has 4 heteroatoms. The third kappa shape index (κ3) is 2.92. The number of hydrogen-bond acceptors (Lipinski definition) is 4. The summed E-state index contributed by atoms with van der Waals surface area (Å²) in [4.78, 5) is 0. The van der Waals surface area contributed by atoms with E-state index in [9.17, 15) is 5.11 Å². The fourth-order valence-electron chi connectivity index (χ4n) is 2.10. The Morgan fingerprint density at radius 1 is 0.900 bits per heavy atom. The van der Waals surface area contributed by atoms with Crippen LogP contribution in [0, 0.1) is 0 Å². The maximum Gasteiger partial charge on any atom is 0.161 e. The van der Waals surface area contributed by atoms with Crippen molar-refractivity contribution in [3.8, 4) is 11.5 Å². The molecule has 20 heavy (non-hydrogen) atoms. The molecular formula is C16H19NO3. The van der Waals surface area contributed by atoms with Crippen LogP contribution in [0.3, 0.4) is 0 Å². The zero-order chi connectivity index (χ0) is 14.5. The first-order valence-corrected chi connectivity index (χ1v) is 6.38. The maximum atomic E-state index is 10.4. The van der Waals surface area contributed by atoms with Gasteiger partial charge in [-0.3, -0.25) is 0 Å². The summed E-state index contributed by atoms with van der Waals surface area (Å²) in [5.74, 6) is 1.20. The Labute approximate surface area is 118 Å². The average molecular weight is 273 g/mol. The number of benzene rings is 2. The van der Waals surface area contributed by atoms with E-state index in [-0.39, 0.29) is 0 Å². The molecule has 0 fully saturated rings. The first-order chi connectivity index (χ1) is 9.67. The third-order valence-corrected chi connectivity index (χ3v) is 3.27. The highest BCUT2D eigenvalue weighted by Crippen LogP contribution is 2.33. The second-order valence-corrected chi connectivity index (χ2v) is 4.50. The SMILES string of the molecule is COc1ccc([C@H](O)[C@H](N)c2ccccc2)cc1OC. The molecule has 0 unspecified atom stereocenters. The number of aliphatic hydroxyl groups is 1. The molecule has 0 aliphatic heterocycles. The van der Waals surface area contributed by atoms with Gasteiger partial charge in [0, 0.05) is 0 Å². The molecule has 0 saturated carbocycles. The second-order valence-electron chi connectivity index (χ2n) is 4.50. The van der Waals surface area contributed by atoms with E-state index >= 15 is 0 Å². The smallest absolute Gasteiger partial charge is 0.161 e. The molecule has 0 bridgehead atoms. The summed E-state index contributed by atoms with van der Waals surface area (Å²) in [6, 6.07) is 14.3. The van der Waals surface area contributed by atoms with E-state index in [0.717, 1.165) is 5.56 Å². The van der Waals surface area contributed by atoms with Gasteiger partial charge in [-0.25, -0.2) is 0 Å². The van der Waals surface area contributed by atoms with Gasteiger partial charge in [0.2, 0.25) is 0 Å². The summed E-state index contributed by atoms with van der Waals surface area (Å²) in [6.07, 6.45) is -0.808. The molecule has 0 amide bonds. The Kier molecular flexibility index (Phi) is 4.61. The maximum absolute atomic E-state index is 10.4. The minimum absolute atomic E-state index is 0.491. The van der Waals surface area contributed by atoms with Crippen molar-refractivity contribution in [1.29, 1.82) is 0 Å². The topological polar surface area (TPSA) is 64.7 Å². The Balaban J connectivity index is 2.27. The lowest BCUT2D eigenvalue weighted by atomic mass is 9.96. The highest BCUT2D eigenvalue weighted by Gasteiger charge is 2.20. The standard InChI is InChI=1S/C16H19NO3/c1-19-13-9-8-12(10-14(13)20-2)16(18)15(17)11-6-4-3-5-7-11/h3-10,15-16,18H,17H2,1-2H3/t15-,16+/m1/s1. The summed E-state index contributed by atoms with van der Waals surface area (Å²) in [7, 11) is 3.13. The summed E-state index contributed by atoms with van der Waals surface area (Å²) in [5, 5.41) is 10.4. The number of hydrogen-bond donors (Lipinski definition) is 2. The van der Waals surface area contributed by atoms with Crippen molar-refractivity contribution in [3.63, 3.8) is 0 Å². The lowest BCUT2D eigenvalue weighted by Crippen LogP contribution is -2.19. The van der Waals surface area contributed by atoms with Crippen molar-refractivity contribution in [2.75, 3.05) is 14.2 Å². The van der Waals surface area contributed by atoms with Crippen molar-refractivity contribution in [2.45, 2.75) is 12.1 Å². The number of rotatable bonds is 5. The number of ether oxygens (including phenoxy) is 2. The molecule has 0 radical (unpaired) electrons. The van der Waals surface area contributed by atoms with Crippen LogP contribution in [0.1, 0.15) is 23.3 Å². The van der Waals surface area contributed by atoms with E-state index in [2.05, 4.69) is 0 Å². The molecule has 0 aliphatic rings. The van der Waals surface area contributed by atoms with Crippen LogP contribution in [0.15, 0.2) is 48.5 Å². The van der Waals surface area contributed by atoms with Crippen LogP contribution in [0.2, 0.25) is 0 Å². The van der Waals surface area contributed by atoms with Crippen LogP contribution < -0.4 is 15.2 Å². The Morgan fingerprint density at radius 2 is 1.55 bits per heavy atom. The lowest BCUT2D eigenvalue weighted by Gasteiger charge is -2.20. The first kappa shape index (κ1) is 14.4. The number of nitrogens with two attached hydrogens (primary N) is 1. The van der Waals surface area contributed by atoms with Crippen molar-refractivity contribution < 1.29 is 14.6 Å². The Bertz CT molecular complexity index is 557. The van der Waals surface area contributed by atoms with Gasteiger partial charge in [0.05, 0.1) is 26.4 Å². The highest BCUT2D eigenvalue weighted by atomic mass is 16.5. The Morgan fingerprint density at radius 3 is 2.15 bits per heavy atom. The molecule has 0 aromatic heterocycles. The monoisotopic (exact) mass is 273 g/mol. The third-order valence-electron chi connectivity index (χ3n) is 3.27.